The smallest absolute Gasteiger partial charge is 0.165 e. The lowest BCUT2D eigenvalue weighted by Gasteiger charge is -2.76. The van der Waals surface area contributed by atoms with Crippen LogP contribution in [0, 0.1) is 28.1 Å². The third-order valence-corrected chi connectivity index (χ3v) is 12.0. The number of piperidine rings is 1. The van der Waals surface area contributed by atoms with Gasteiger partial charge in [0.1, 0.15) is 6.10 Å². The van der Waals surface area contributed by atoms with Gasteiger partial charge in [0.15, 0.2) is 11.5 Å². The van der Waals surface area contributed by atoms with Crippen LogP contribution >= 0.6 is 0 Å². The van der Waals surface area contributed by atoms with Crippen LogP contribution in [0.2, 0.25) is 0 Å². The molecule has 4 saturated carbocycles. The first kappa shape index (κ1) is 21.9. The third-order valence-electron chi connectivity index (χ3n) is 12.0. The van der Waals surface area contributed by atoms with Crippen molar-refractivity contribution in [1.82, 2.24) is 4.90 Å². The number of phenolic OH excluding ortho intramolecular Hbond substituents is 1. The maximum atomic E-state index is 12.2. The van der Waals surface area contributed by atoms with Crippen molar-refractivity contribution >= 4 is 0 Å². The highest BCUT2D eigenvalue weighted by molar-refractivity contribution is 5.63. The van der Waals surface area contributed by atoms with Crippen LogP contribution in [-0.2, 0) is 11.8 Å². The number of aliphatic hydroxyl groups excluding tert-OH is 1. The molecule has 186 valence electrons. The van der Waals surface area contributed by atoms with Gasteiger partial charge in [-0.15, -0.1) is 0 Å². The molecule has 4 bridgehead atoms. The summed E-state index contributed by atoms with van der Waals surface area (Å²) in [6.07, 6.45) is 7.43. The first-order valence-corrected chi connectivity index (χ1v) is 13.6. The van der Waals surface area contributed by atoms with Crippen molar-refractivity contribution in [3.05, 3.63) is 23.3 Å². The highest BCUT2D eigenvalue weighted by Gasteiger charge is 2.81. The van der Waals surface area contributed by atoms with Gasteiger partial charge >= 0.3 is 0 Å². The van der Waals surface area contributed by atoms with Crippen molar-refractivity contribution in [3.63, 3.8) is 0 Å². The van der Waals surface area contributed by atoms with Crippen molar-refractivity contribution in [2.24, 2.45) is 28.1 Å². The fraction of sp³-hybridized carbons (Fsp3) is 0.793. The van der Waals surface area contributed by atoms with E-state index in [1.165, 1.54) is 30.5 Å². The second-order valence-corrected chi connectivity index (χ2v) is 14.0. The summed E-state index contributed by atoms with van der Waals surface area (Å²) in [5.41, 5.74) is 0.649. The zero-order valence-corrected chi connectivity index (χ0v) is 21.2. The molecule has 2 unspecified atom stereocenters. The van der Waals surface area contributed by atoms with Crippen LogP contribution < -0.4 is 4.74 Å². The van der Waals surface area contributed by atoms with Gasteiger partial charge in [0.05, 0.1) is 12.2 Å². The van der Waals surface area contributed by atoms with Gasteiger partial charge in [0.2, 0.25) is 0 Å². The minimum atomic E-state index is -0.944. The molecule has 0 aromatic heterocycles. The molecule has 1 saturated heterocycles. The van der Waals surface area contributed by atoms with Crippen molar-refractivity contribution < 1.29 is 20.1 Å². The average Bonchev–Trinajstić information content (AvgIpc) is 3.53. The van der Waals surface area contributed by atoms with Crippen LogP contribution in [0.3, 0.4) is 0 Å². The van der Waals surface area contributed by atoms with Crippen molar-refractivity contribution in [2.75, 3.05) is 19.7 Å². The fourth-order valence-electron chi connectivity index (χ4n) is 9.74. The van der Waals surface area contributed by atoms with E-state index in [9.17, 15) is 15.3 Å². The number of ether oxygens (including phenoxy) is 1. The fourth-order valence-corrected chi connectivity index (χ4v) is 9.74. The number of aliphatic hydroxyl groups is 2. The Kier molecular flexibility index (Phi) is 4.08. The van der Waals surface area contributed by atoms with Gasteiger partial charge in [-0.25, -0.2) is 0 Å². The molecule has 3 N–H and O–H groups in total. The third kappa shape index (κ3) is 2.25. The number of benzene rings is 1. The van der Waals surface area contributed by atoms with Gasteiger partial charge < -0.3 is 20.1 Å². The Bertz CT molecular complexity index is 1060. The molecule has 7 aliphatic rings. The lowest BCUT2D eigenvalue weighted by atomic mass is 9.31. The van der Waals surface area contributed by atoms with Crippen molar-refractivity contribution in [3.8, 4) is 11.5 Å². The Morgan fingerprint density at radius 1 is 1.12 bits per heavy atom. The second kappa shape index (κ2) is 6.33. The molecule has 8 rings (SSSR count). The van der Waals surface area contributed by atoms with Gasteiger partial charge in [0, 0.05) is 34.4 Å². The molecule has 1 aromatic rings. The molecule has 34 heavy (non-hydrogen) atoms. The summed E-state index contributed by atoms with van der Waals surface area (Å²) in [7, 11) is 0. The first-order valence-electron chi connectivity index (χ1n) is 13.6. The van der Waals surface area contributed by atoms with Gasteiger partial charge in [-0.1, -0.05) is 26.8 Å². The predicted octanol–water partition coefficient (Wildman–Crippen LogP) is 4.01. The SMILES string of the molecule is CC(C)(C)[C@](C)(O)[C@H]1CC23CC[C@@]1(CO)C1Oc4c(O)ccc5c4[C@@]12CCN(CC1CC1)[C@@H]3C5. The van der Waals surface area contributed by atoms with Crippen LogP contribution in [0.25, 0.3) is 0 Å². The number of phenols is 1. The summed E-state index contributed by atoms with van der Waals surface area (Å²) in [5, 5.41) is 34.2. The molecule has 5 heteroatoms. The minimum absolute atomic E-state index is 0.00762. The number of fused-ring (bicyclic) bond motifs is 2. The minimum Gasteiger partial charge on any atom is -0.504 e. The lowest BCUT2D eigenvalue weighted by molar-refractivity contribution is -0.289. The molecule has 5 aliphatic carbocycles. The Balaban J connectivity index is 1.47. The highest BCUT2D eigenvalue weighted by Crippen LogP contribution is 2.79. The van der Waals surface area contributed by atoms with Crippen LogP contribution in [0.1, 0.15) is 77.3 Å². The number of rotatable bonds is 4. The van der Waals surface area contributed by atoms with Gasteiger partial charge in [0.25, 0.3) is 0 Å². The van der Waals surface area contributed by atoms with Crippen LogP contribution in [0.4, 0.5) is 0 Å². The topological polar surface area (TPSA) is 73.2 Å². The Morgan fingerprint density at radius 2 is 1.88 bits per heavy atom. The molecule has 5 fully saturated rings. The van der Waals surface area contributed by atoms with E-state index < -0.39 is 11.0 Å². The number of hydrogen-bond acceptors (Lipinski definition) is 5. The number of aromatic hydroxyl groups is 1. The molecule has 2 spiro atoms. The van der Waals surface area contributed by atoms with E-state index >= 15 is 0 Å². The van der Waals surface area contributed by atoms with Gasteiger partial charge in [-0.2, -0.15) is 0 Å². The second-order valence-electron chi connectivity index (χ2n) is 14.0. The quantitative estimate of drug-likeness (QED) is 0.624. The van der Waals surface area contributed by atoms with E-state index in [4.69, 9.17) is 4.74 Å². The molecule has 7 atom stereocenters. The Hall–Kier alpha value is -1.30. The van der Waals surface area contributed by atoms with E-state index in [1.54, 1.807) is 0 Å². The molecular weight excluding hydrogens is 426 g/mol. The molecule has 2 aliphatic heterocycles. The summed E-state index contributed by atoms with van der Waals surface area (Å²) < 4.78 is 6.86. The molecular formula is C29H41NO4. The monoisotopic (exact) mass is 467 g/mol. The van der Waals surface area contributed by atoms with E-state index in [0.717, 1.165) is 44.6 Å². The standard InChI is InChI=1S/C29H41NO4/c1-25(2,3)26(4,33)20-14-28-10-9-27(20,16-31)24-29(28)11-12-30(15-17-5-6-17)21(28)13-18-7-8-19(32)23(34-24)22(18)29/h7-8,17,20-21,24,31-33H,5-6,9-16H2,1-4H3/t20-,21-,24?,26-,27+,28?,29+/m1/s1. The van der Waals surface area contributed by atoms with E-state index in [2.05, 4.69) is 31.7 Å². The van der Waals surface area contributed by atoms with Crippen LogP contribution in [0.15, 0.2) is 12.1 Å². The lowest BCUT2D eigenvalue weighted by Crippen LogP contribution is -2.81. The molecule has 5 nitrogen and oxygen atoms in total. The van der Waals surface area contributed by atoms with Crippen molar-refractivity contribution in [2.45, 2.75) is 95.8 Å². The largest absolute Gasteiger partial charge is 0.504 e. The normalized spacial score (nSPS) is 43.9. The number of likely N-dealkylation sites (tertiary alicyclic amines) is 1. The summed E-state index contributed by atoms with van der Waals surface area (Å²) in [6.45, 7) is 10.7. The zero-order chi connectivity index (χ0) is 23.9. The molecule has 0 radical (unpaired) electrons. The number of nitrogens with zero attached hydrogens (tertiary/aromatic N) is 1. The van der Waals surface area contributed by atoms with E-state index in [0.29, 0.717) is 11.8 Å². The molecule has 2 heterocycles. The summed E-state index contributed by atoms with van der Waals surface area (Å²) in [5.74, 6) is 1.70. The average molecular weight is 468 g/mol. The summed E-state index contributed by atoms with van der Waals surface area (Å²) in [6, 6.07) is 4.39. The maximum absolute atomic E-state index is 12.2. The highest BCUT2D eigenvalue weighted by atomic mass is 16.5. The van der Waals surface area contributed by atoms with E-state index in [-0.39, 0.29) is 40.6 Å². The first-order chi connectivity index (χ1) is 16.0. The Labute approximate surface area is 203 Å². The van der Waals surface area contributed by atoms with Crippen molar-refractivity contribution in [1.29, 1.82) is 0 Å². The molecule has 0 amide bonds. The van der Waals surface area contributed by atoms with Crippen LogP contribution in [0.5, 0.6) is 11.5 Å². The summed E-state index contributed by atoms with van der Waals surface area (Å²) >= 11 is 0. The zero-order valence-electron chi connectivity index (χ0n) is 21.2. The van der Waals surface area contributed by atoms with Crippen LogP contribution in [-0.4, -0.2) is 57.7 Å². The van der Waals surface area contributed by atoms with Gasteiger partial charge in [-0.3, -0.25) is 4.90 Å². The molecule has 1 aromatic carbocycles. The Morgan fingerprint density at radius 3 is 2.56 bits per heavy atom. The predicted molar refractivity (Wildman–Crippen MR) is 130 cm³/mol. The maximum Gasteiger partial charge on any atom is 0.165 e. The number of hydrogen-bond donors (Lipinski definition) is 3. The van der Waals surface area contributed by atoms with Gasteiger partial charge in [-0.05, 0) is 87.3 Å². The summed E-state index contributed by atoms with van der Waals surface area (Å²) in [4.78, 5) is 2.80. The van der Waals surface area contributed by atoms with E-state index in [1.807, 2.05) is 13.0 Å².